The Morgan fingerprint density at radius 2 is 2.03 bits per heavy atom. The zero-order chi connectivity index (χ0) is 24.0. The van der Waals surface area contributed by atoms with Gasteiger partial charge in [0.25, 0.3) is 11.5 Å². The summed E-state index contributed by atoms with van der Waals surface area (Å²) >= 11 is 0. The summed E-state index contributed by atoms with van der Waals surface area (Å²) in [6.07, 6.45) is 5.96. The lowest BCUT2D eigenvalue weighted by Crippen LogP contribution is -2.68. The molecule has 1 atom stereocenters. The van der Waals surface area contributed by atoms with E-state index in [0.717, 1.165) is 57.6 Å². The molecule has 3 saturated carbocycles. The number of carbonyl (C=O) groups is 1. The minimum absolute atomic E-state index is 0.0678. The fourth-order valence-electron chi connectivity index (χ4n) is 5.81. The van der Waals surface area contributed by atoms with Crippen molar-refractivity contribution in [1.29, 1.82) is 0 Å². The minimum Gasteiger partial charge on any atom is -0.354 e. The van der Waals surface area contributed by atoms with E-state index in [2.05, 4.69) is 30.7 Å². The summed E-state index contributed by atoms with van der Waals surface area (Å²) in [6, 6.07) is 10.5. The largest absolute Gasteiger partial charge is 0.354 e. The Labute approximate surface area is 201 Å². The molecular weight excluding hydrogens is 449 g/mol. The molecular formula is C25H28FN7O2. The van der Waals surface area contributed by atoms with Gasteiger partial charge in [-0.1, -0.05) is 6.07 Å². The van der Waals surface area contributed by atoms with E-state index in [9.17, 15) is 14.0 Å². The highest BCUT2D eigenvalue weighted by atomic mass is 19.1. The van der Waals surface area contributed by atoms with Crippen LogP contribution in [0, 0.1) is 5.41 Å². The number of nitrogens with zero attached hydrogens (tertiary/aromatic N) is 5. The van der Waals surface area contributed by atoms with Gasteiger partial charge in [-0.05, 0) is 61.8 Å². The van der Waals surface area contributed by atoms with Crippen LogP contribution in [0.2, 0.25) is 0 Å². The van der Waals surface area contributed by atoms with Gasteiger partial charge in [0.05, 0.1) is 12.2 Å². The number of anilines is 1. The zero-order valence-corrected chi connectivity index (χ0v) is 19.4. The second-order valence-corrected chi connectivity index (χ2v) is 10.3. The lowest BCUT2D eigenvalue weighted by Gasteiger charge is -2.66. The third-order valence-electron chi connectivity index (χ3n) is 7.53. The second-order valence-electron chi connectivity index (χ2n) is 10.3. The molecule has 3 aromatic rings. The molecule has 1 amide bonds. The van der Waals surface area contributed by atoms with E-state index >= 15 is 0 Å². The van der Waals surface area contributed by atoms with Crippen LogP contribution in [0.4, 0.5) is 10.2 Å². The Kier molecular flexibility index (Phi) is 5.28. The van der Waals surface area contributed by atoms with E-state index < -0.39 is 11.6 Å². The molecule has 4 fully saturated rings. The molecule has 182 valence electrons. The Morgan fingerprint density at radius 3 is 2.80 bits per heavy atom. The molecule has 0 aromatic carbocycles. The molecule has 4 aliphatic rings. The van der Waals surface area contributed by atoms with Crippen LogP contribution in [0.1, 0.15) is 48.3 Å². The van der Waals surface area contributed by atoms with Crippen LogP contribution in [0.5, 0.6) is 0 Å². The molecule has 0 unspecified atom stereocenters. The highest BCUT2D eigenvalue weighted by Crippen LogP contribution is 2.69. The number of rotatable bonds is 7. The predicted octanol–water partition coefficient (Wildman–Crippen LogP) is 1.87. The van der Waals surface area contributed by atoms with Gasteiger partial charge in [0.15, 0.2) is 5.82 Å². The van der Waals surface area contributed by atoms with Crippen LogP contribution in [-0.2, 0) is 6.54 Å². The van der Waals surface area contributed by atoms with Crippen LogP contribution < -0.4 is 21.1 Å². The summed E-state index contributed by atoms with van der Waals surface area (Å²) in [5.41, 5.74) is 0.155. The van der Waals surface area contributed by atoms with Gasteiger partial charge in [-0.25, -0.2) is 9.37 Å². The molecule has 9 nitrogen and oxygen atoms in total. The van der Waals surface area contributed by atoms with Crippen molar-refractivity contribution in [3.05, 3.63) is 64.3 Å². The van der Waals surface area contributed by atoms with E-state index in [1.54, 1.807) is 24.4 Å². The number of aromatic nitrogens is 4. The number of hydrogen-bond donors (Lipinski definition) is 2. The normalized spacial score (nSPS) is 27.2. The molecule has 3 aliphatic carbocycles. The van der Waals surface area contributed by atoms with Crippen molar-refractivity contribution in [3.63, 3.8) is 0 Å². The molecule has 35 heavy (non-hydrogen) atoms. The van der Waals surface area contributed by atoms with Gasteiger partial charge in [0, 0.05) is 37.9 Å². The molecule has 10 heteroatoms. The molecule has 2 N–H and O–H groups in total. The van der Waals surface area contributed by atoms with E-state index in [0.29, 0.717) is 17.4 Å². The SMILES string of the molecule is O=C(NCc1ccc(N2CCC[C@@H](NCC34CC(F)(C3)C4)C2)nn1)c1cc(=O)n2ccccc2n1. The standard InChI is InChI=1S/C25H28FN7O2/c26-25-13-24(14-25,15-25)16-28-18-4-3-8-32(12-18)21-7-6-17(30-31-21)11-27-23(35)19-10-22(34)33-9-2-1-5-20(33)29-19/h1-2,5-7,9-10,18,28H,3-4,8,11-16H2,(H,27,35)/t18-,24?,25?/m1/s1. The maximum Gasteiger partial charge on any atom is 0.270 e. The lowest BCUT2D eigenvalue weighted by molar-refractivity contribution is -0.210. The topological polar surface area (TPSA) is 105 Å². The highest BCUT2D eigenvalue weighted by Gasteiger charge is 2.68. The van der Waals surface area contributed by atoms with Crippen LogP contribution >= 0.6 is 0 Å². The molecule has 3 aromatic heterocycles. The van der Waals surface area contributed by atoms with Crippen molar-refractivity contribution < 1.29 is 9.18 Å². The molecule has 4 heterocycles. The fourth-order valence-corrected chi connectivity index (χ4v) is 5.81. The summed E-state index contributed by atoms with van der Waals surface area (Å²) in [5.74, 6) is 0.371. The second kappa shape index (κ2) is 8.37. The molecule has 2 bridgehead atoms. The van der Waals surface area contributed by atoms with Crippen molar-refractivity contribution in [2.24, 2.45) is 5.41 Å². The van der Waals surface area contributed by atoms with Crippen LogP contribution in [-0.4, -0.2) is 56.8 Å². The summed E-state index contributed by atoms with van der Waals surface area (Å²) in [6.45, 7) is 2.86. The predicted molar refractivity (Wildman–Crippen MR) is 128 cm³/mol. The smallest absolute Gasteiger partial charge is 0.270 e. The average Bonchev–Trinajstić information content (AvgIpc) is 2.84. The van der Waals surface area contributed by atoms with Gasteiger partial charge >= 0.3 is 0 Å². The maximum absolute atomic E-state index is 13.8. The van der Waals surface area contributed by atoms with Crippen molar-refractivity contribution in [1.82, 2.24) is 30.2 Å². The monoisotopic (exact) mass is 477 g/mol. The first-order chi connectivity index (χ1) is 16.9. The first-order valence-corrected chi connectivity index (χ1v) is 12.2. The summed E-state index contributed by atoms with van der Waals surface area (Å²) in [4.78, 5) is 31.2. The van der Waals surface area contributed by atoms with E-state index in [4.69, 9.17) is 0 Å². The number of fused-ring (bicyclic) bond motifs is 1. The number of hydrogen-bond acceptors (Lipinski definition) is 7. The van der Waals surface area contributed by atoms with E-state index in [1.807, 2.05) is 12.1 Å². The van der Waals surface area contributed by atoms with Gasteiger partial charge in [0.2, 0.25) is 0 Å². The molecule has 1 aliphatic heterocycles. The number of pyridine rings is 1. The van der Waals surface area contributed by atoms with Gasteiger partial charge < -0.3 is 15.5 Å². The molecule has 0 radical (unpaired) electrons. The first-order valence-electron chi connectivity index (χ1n) is 12.2. The number of carbonyl (C=O) groups excluding carboxylic acids is 1. The van der Waals surface area contributed by atoms with Crippen LogP contribution in [0.3, 0.4) is 0 Å². The van der Waals surface area contributed by atoms with Gasteiger partial charge in [-0.15, -0.1) is 5.10 Å². The summed E-state index contributed by atoms with van der Waals surface area (Å²) in [5, 5.41) is 15.1. The van der Waals surface area contributed by atoms with Crippen molar-refractivity contribution >= 4 is 17.4 Å². The zero-order valence-electron chi connectivity index (χ0n) is 19.4. The Hall–Kier alpha value is -3.40. The van der Waals surface area contributed by atoms with Crippen molar-refractivity contribution in [3.8, 4) is 0 Å². The number of halogens is 1. The number of alkyl halides is 1. The van der Waals surface area contributed by atoms with Gasteiger partial charge in [-0.3, -0.25) is 14.0 Å². The number of amides is 1. The van der Waals surface area contributed by atoms with Crippen LogP contribution in [0.15, 0.2) is 47.4 Å². The Balaban J connectivity index is 1.03. The van der Waals surface area contributed by atoms with Gasteiger partial charge in [0.1, 0.15) is 17.0 Å². The maximum atomic E-state index is 13.8. The highest BCUT2D eigenvalue weighted by molar-refractivity contribution is 5.92. The Morgan fingerprint density at radius 1 is 1.17 bits per heavy atom. The van der Waals surface area contributed by atoms with E-state index in [-0.39, 0.29) is 23.2 Å². The quantitative estimate of drug-likeness (QED) is 0.535. The summed E-state index contributed by atoms with van der Waals surface area (Å²) < 4.78 is 15.1. The number of nitrogens with one attached hydrogen (secondary N) is 2. The molecule has 7 rings (SSSR count). The third-order valence-corrected chi connectivity index (χ3v) is 7.53. The molecule has 0 spiro atoms. The molecule has 1 saturated heterocycles. The van der Waals surface area contributed by atoms with Crippen molar-refractivity contribution in [2.45, 2.75) is 50.4 Å². The first kappa shape index (κ1) is 22.1. The minimum atomic E-state index is -0.846. The van der Waals surface area contributed by atoms with Crippen molar-refractivity contribution in [2.75, 3.05) is 24.5 Å². The number of piperidine rings is 1. The Bertz CT molecular complexity index is 1310. The summed E-state index contributed by atoms with van der Waals surface area (Å²) in [7, 11) is 0. The van der Waals surface area contributed by atoms with E-state index in [1.165, 1.54) is 10.5 Å². The lowest BCUT2D eigenvalue weighted by atomic mass is 9.42. The van der Waals surface area contributed by atoms with Gasteiger partial charge in [-0.2, -0.15) is 5.10 Å². The third kappa shape index (κ3) is 4.27. The average molecular weight is 478 g/mol. The fraction of sp³-hybridized carbons (Fsp3) is 0.480. The van der Waals surface area contributed by atoms with Crippen LogP contribution in [0.25, 0.3) is 5.65 Å².